The molecule has 4 heteroatoms. The van der Waals surface area contributed by atoms with Gasteiger partial charge in [0, 0.05) is 16.8 Å². The molecule has 0 aromatic carbocycles. The molecule has 0 saturated heterocycles. The maximum Gasteiger partial charge on any atom is 0.261 e. The lowest BCUT2D eigenvalue weighted by Crippen LogP contribution is -2.29. The van der Waals surface area contributed by atoms with E-state index in [4.69, 9.17) is 0 Å². The first kappa shape index (κ1) is 12.0. The minimum Gasteiger partial charge on any atom is -0.351 e. The second-order valence-electron chi connectivity index (χ2n) is 4.55. The van der Waals surface area contributed by atoms with Gasteiger partial charge in [-0.3, -0.25) is 4.79 Å². The Balaban J connectivity index is 1.84. The molecule has 1 fully saturated rings. The van der Waals surface area contributed by atoms with Crippen LogP contribution in [0.2, 0.25) is 0 Å². The van der Waals surface area contributed by atoms with Crippen LogP contribution in [-0.2, 0) is 0 Å². The lowest BCUT2D eigenvalue weighted by atomic mass is 9.98. The van der Waals surface area contributed by atoms with Gasteiger partial charge >= 0.3 is 0 Å². The van der Waals surface area contributed by atoms with Gasteiger partial charge in [-0.2, -0.15) is 0 Å². The van der Waals surface area contributed by atoms with Crippen LogP contribution in [0, 0.1) is 11.8 Å². The van der Waals surface area contributed by atoms with Crippen molar-refractivity contribution in [3.63, 3.8) is 0 Å². The zero-order chi connectivity index (χ0) is 11.5. The third kappa shape index (κ3) is 2.80. The highest BCUT2D eigenvalue weighted by Gasteiger charge is 2.23. The molecule has 0 aliphatic heterocycles. The van der Waals surface area contributed by atoms with Gasteiger partial charge in [-0.1, -0.05) is 19.8 Å². The van der Waals surface area contributed by atoms with Gasteiger partial charge in [-0.25, -0.2) is 0 Å². The number of rotatable bonds is 3. The fraction of sp³-hybridized carbons (Fsp3) is 0.583. The molecule has 16 heavy (non-hydrogen) atoms. The van der Waals surface area contributed by atoms with Gasteiger partial charge in [0.2, 0.25) is 0 Å². The number of hydrogen-bond donors (Lipinski definition) is 2. The van der Waals surface area contributed by atoms with Crippen LogP contribution in [0.1, 0.15) is 35.9 Å². The van der Waals surface area contributed by atoms with Crippen LogP contribution in [0.15, 0.2) is 16.3 Å². The van der Waals surface area contributed by atoms with Crippen molar-refractivity contribution in [3.8, 4) is 0 Å². The molecule has 2 nitrogen and oxygen atoms in total. The van der Waals surface area contributed by atoms with Gasteiger partial charge in [0.25, 0.3) is 5.91 Å². The van der Waals surface area contributed by atoms with E-state index in [1.807, 2.05) is 11.4 Å². The van der Waals surface area contributed by atoms with Gasteiger partial charge in [0.1, 0.15) is 0 Å². The average Bonchev–Trinajstić information content (AvgIpc) is 2.84. The third-order valence-corrected chi connectivity index (χ3v) is 4.74. The monoisotopic (exact) mass is 255 g/mol. The summed E-state index contributed by atoms with van der Waals surface area (Å²) in [6.45, 7) is 3.10. The molecule has 2 atom stereocenters. The Morgan fingerprint density at radius 3 is 3.00 bits per heavy atom. The average molecular weight is 255 g/mol. The third-order valence-electron chi connectivity index (χ3n) is 3.37. The Bertz CT molecular complexity index is 375. The summed E-state index contributed by atoms with van der Waals surface area (Å²) < 4.78 is 0. The van der Waals surface area contributed by atoms with Gasteiger partial charge in [-0.05, 0) is 24.3 Å². The number of hydrogen-bond acceptors (Lipinski definition) is 3. The Kier molecular flexibility index (Phi) is 3.92. The molecule has 1 aromatic rings. The van der Waals surface area contributed by atoms with E-state index in [0.717, 1.165) is 22.2 Å². The van der Waals surface area contributed by atoms with Crippen molar-refractivity contribution < 1.29 is 4.79 Å². The Labute approximate surface area is 106 Å². The van der Waals surface area contributed by atoms with Crippen molar-refractivity contribution in [2.75, 3.05) is 6.54 Å². The van der Waals surface area contributed by atoms with Gasteiger partial charge in [0.15, 0.2) is 0 Å². The molecule has 1 aliphatic carbocycles. The van der Waals surface area contributed by atoms with E-state index in [2.05, 4.69) is 24.9 Å². The highest BCUT2D eigenvalue weighted by Crippen LogP contribution is 2.30. The zero-order valence-electron chi connectivity index (χ0n) is 9.40. The number of amides is 1. The summed E-state index contributed by atoms with van der Waals surface area (Å²) >= 11 is 5.65. The van der Waals surface area contributed by atoms with Crippen LogP contribution in [0.25, 0.3) is 0 Å². The Hall–Kier alpha value is -0.480. The molecule has 1 amide bonds. The highest BCUT2D eigenvalue weighted by molar-refractivity contribution is 7.80. The molecular formula is C12H17NOS2. The molecule has 1 aliphatic rings. The smallest absolute Gasteiger partial charge is 0.261 e. The van der Waals surface area contributed by atoms with E-state index in [0.29, 0.717) is 5.92 Å². The van der Waals surface area contributed by atoms with Gasteiger partial charge < -0.3 is 5.32 Å². The Morgan fingerprint density at radius 2 is 2.44 bits per heavy atom. The number of carbonyl (C=O) groups excluding carboxylic acids is 1. The summed E-state index contributed by atoms with van der Waals surface area (Å²) in [5.41, 5.74) is 0. The largest absolute Gasteiger partial charge is 0.351 e. The van der Waals surface area contributed by atoms with Crippen LogP contribution in [0.3, 0.4) is 0 Å². The molecule has 1 heterocycles. The lowest BCUT2D eigenvalue weighted by Gasteiger charge is -2.15. The van der Waals surface area contributed by atoms with E-state index in [1.165, 1.54) is 30.6 Å². The second kappa shape index (κ2) is 5.23. The highest BCUT2D eigenvalue weighted by atomic mass is 32.1. The molecule has 88 valence electrons. The van der Waals surface area contributed by atoms with E-state index < -0.39 is 0 Å². The maximum atomic E-state index is 11.8. The van der Waals surface area contributed by atoms with Crippen molar-refractivity contribution in [2.45, 2.75) is 31.1 Å². The quantitative estimate of drug-likeness (QED) is 0.798. The number of nitrogens with one attached hydrogen (secondary N) is 1. The predicted molar refractivity (Wildman–Crippen MR) is 70.4 cm³/mol. The minimum atomic E-state index is 0.0457. The summed E-state index contributed by atoms with van der Waals surface area (Å²) in [5, 5.41) is 4.91. The van der Waals surface area contributed by atoms with Gasteiger partial charge in [0.05, 0.1) is 4.88 Å². The number of thiophene rings is 1. The normalized spacial score (nSPS) is 24.6. The molecule has 1 N–H and O–H groups in total. The summed E-state index contributed by atoms with van der Waals surface area (Å²) in [6.07, 6.45) is 3.87. The van der Waals surface area contributed by atoms with Crippen molar-refractivity contribution in [2.24, 2.45) is 11.8 Å². The van der Waals surface area contributed by atoms with E-state index in [1.54, 1.807) is 0 Å². The summed E-state index contributed by atoms with van der Waals surface area (Å²) in [7, 11) is 0. The van der Waals surface area contributed by atoms with Crippen LogP contribution in [0.5, 0.6) is 0 Å². The molecule has 2 rings (SSSR count). The van der Waals surface area contributed by atoms with Crippen molar-refractivity contribution >= 4 is 29.9 Å². The molecule has 1 saturated carbocycles. The fourth-order valence-corrected chi connectivity index (χ4v) is 3.35. The van der Waals surface area contributed by atoms with Crippen LogP contribution >= 0.6 is 24.0 Å². The topological polar surface area (TPSA) is 29.1 Å². The van der Waals surface area contributed by atoms with E-state index in [9.17, 15) is 4.79 Å². The van der Waals surface area contributed by atoms with Crippen molar-refractivity contribution in [1.82, 2.24) is 5.32 Å². The zero-order valence-corrected chi connectivity index (χ0v) is 11.1. The lowest BCUT2D eigenvalue weighted by molar-refractivity contribution is 0.0948. The van der Waals surface area contributed by atoms with Crippen LogP contribution in [-0.4, -0.2) is 12.5 Å². The SMILES string of the molecule is CC1CCCC1CNC(=O)c1cc(S)cs1. The molecule has 0 radical (unpaired) electrons. The second-order valence-corrected chi connectivity index (χ2v) is 5.98. The minimum absolute atomic E-state index is 0.0457. The van der Waals surface area contributed by atoms with E-state index >= 15 is 0 Å². The van der Waals surface area contributed by atoms with Crippen molar-refractivity contribution in [3.05, 3.63) is 16.3 Å². The number of carbonyl (C=O) groups is 1. The van der Waals surface area contributed by atoms with Gasteiger partial charge in [-0.15, -0.1) is 24.0 Å². The molecule has 0 spiro atoms. The predicted octanol–water partition coefficient (Wildman–Crippen LogP) is 3.20. The maximum absolute atomic E-state index is 11.8. The first-order valence-electron chi connectivity index (χ1n) is 5.72. The molecule has 2 unspecified atom stereocenters. The van der Waals surface area contributed by atoms with Crippen LogP contribution in [0.4, 0.5) is 0 Å². The molecule has 1 aromatic heterocycles. The van der Waals surface area contributed by atoms with E-state index in [-0.39, 0.29) is 5.91 Å². The summed E-state index contributed by atoms with van der Waals surface area (Å²) in [6, 6.07) is 1.82. The summed E-state index contributed by atoms with van der Waals surface area (Å²) in [4.78, 5) is 13.4. The summed E-state index contributed by atoms with van der Waals surface area (Å²) in [5.74, 6) is 1.47. The first-order chi connectivity index (χ1) is 7.66. The van der Waals surface area contributed by atoms with Crippen LogP contribution < -0.4 is 5.32 Å². The molecular weight excluding hydrogens is 238 g/mol. The molecule has 0 bridgehead atoms. The van der Waals surface area contributed by atoms with Crippen molar-refractivity contribution in [1.29, 1.82) is 0 Å². The Morgan fingerprint density at radius 1 is 1.62 bits per heavy atom. The number of thiol groups is 1. The first-order valence-corrected chi connectivity index (χ1v) is 7.05. The fourth-order valence-electron chi connectivity index (χ4n) is 2.28. The standard InChI is InChI=1S/C12H17NOS2/c1-8-3-2-4-9(8)6-13-12(14)11-5-10(15)7-16-11/h5,7-9,15H,2-4,6H2,1H3,(H,13,14).